The first-order valence-electron chi connectivity index (χ1n) is 16.7. The SMILES string of the molecule is CCn1c2ccccc2c2cc(NC(=O)c3cc4ccccc4c(/N=N/c4cc(C)c(NCOc5cccc(S(=O)(=O)O)c5)cc4OC)c3O)ccc21. The number of hydrogen-bond acceptors (Lipinski definition) is 9. The third kappa shape index (κ3) is 6.95. The largest absolute Gasteiger partial charge is 0.505 e. The Morgan fingerprint density at radius 2 is 1.60 bits per heavy atom. The van der Waals surface area contributed by atoms with Gasteiger partial charge < -0.3 is 29.8 Å². The fourth-order valence-electron chi connectivity index (χ4n) is 6.39. The number of para-hydroxylation sites is 1. The summed E-state index contributed by atoms with van der Waals surface area (Å²) < 4.78 is 45.7. The Bertz CT molecular complexity index is 2690. The number of fused-ring (bicyclic) bond motifs is 4. The number of benzene rings is 6. The number of carbonyl (C=O) groups is 1. The van der Waals surface area contributed by atoms with Crippen molar-refractivity contribution in [2.75, 3.05) is 24.5 Å². The van der Waals surface area contributed by atoms with Gasteiger partial charge in [-0.2, -0.15) is 8.42 Å². The number of methoxy groups -OCH3 is 1. The van der Waals surface area contributed by atoms with Crippen molar-refractivity contribution in [3.05, 3.63) is 120 Å². The maximum Gasteiger partial charge on any atom is 0.294 e. The van der Waals surface area contributed by atoms with E-state index >= 15 is 0 Å². The first kappa shape index (κ1) is 35.0. The normalized spacial score (nSPS) is 11.8. The van der Waals surface area contributed by atoms with Crippen LogP contribution in [0.25, 0.3) is 32.6 Å². The van der Waals surface area contributed by atoms with E-state index in [1.165, 1.54) is 25.3 Å². The molecule has 0 radical (unpaired) electrons. The van der Waals surface area contributed by atoms with E-state index in [4.69, 9.17) is 9.47 Å². The van der Waals surface area contributed by atoms with Crippen molar-refractivity contribution in [1.29, 1.82) is 0 Å². The van der Waals surface area contributed by atoms with Crippen LogP contribution in [0.3, 0.4) is 0 Å². The zero-order valence-corrected chi connectivity index (χ0v) is 29.8. The van der Waals surface area contributed by atoms with E-state index in [0.717, 1.165) is 33.9 Å². The molecule has 1 aromatic heterocycles. The minimum atomic E-state index is -4.37. The number of phenolic OH excluding ortho intramolecular Hbond substituents is 1. The van der Waals surface area contributed by atoms with Gasteiger partial charge in [0.15, 0.2) is 12.5 Å². The molecule has 268 valence electrons. The van der Waals surface area contributed by atoms with Gasteiger partial charge in [-0.05, 0) is 73.3 Å². The maximum absolute atomic E-state index is 13.8. The van der Waals surface area contributed by atoms with Gasteiger partial charge in [0.05, 0.1) is 17.6 Å². The summed E-state index contributed by atoms with van der Waals surface area (Å²) in [5.74, 6) is -0.211. The van der Waals surface area contributed by atoms with Crippen LogP contribution < -0.4 is 20.1 Å². The number of azo groups is 1. The molecule has 13 heteroatoms. The van der Waals surface area contributed by atoms with Crippen LogP contribution in [0, 0.1) is 6.92 Å². The highest BCUT2D eigenvalue weighted by atomic mass is 32.2. The quantitative estimate of drug-likeness (QED) is 0.0581. The monoisotopic (exact) mass is 729 g/mol. The predicted octanol–water partition coefficient (Wildman–Crippen LogP) is 9.35. The van der Waals surface area contributed by atoms with Crippen LogP contribution in [0.5, 0.6) is 17.2 Å². The highest BCUT2D eigenvalue weighted by molar-refractivity contribution is 7.85. The molecular weight excluding hydrogens is 695 g/mol. The number of nitrogens with zero attached hydrogens (tertiary/aromatic N) is 3. The Hall–Kier alpha value is -6.44. The minimum Gasteiger partial charge on any atom is -0.505 e. The third-order valence-electron chi connectivity index (χ3n) is 8.97. The number of hydrogen-bond donors (Lipinski definition) is 4. The molecule has 0 aliphatic heterocycles. The van der Waals surface area contributed by atoms with Crippen LogP contribution in [-0.2, 0) is 16.7 Å². The van der Waals surface area contributed by atoms with Crippen LogP contribution in [0.4, 0.5) is 22.7 Å². The fraction of sp³-hybridized carbons (Fsp3) is 0.125. The zero-order valence-electron chi connectivity index (χ0n) is 29.0. The fourth-order valence-corrected chi connectivity index (χ4v) is 6.91. The van der Waals surface area contributed by atoms with Gasteiger partial charge in [-0.15, -0.1) is 10.2 Å². The van der Waals surface area contributed by atoms with Gasteiger partial charge in [0, 0.05) is 57.2 Å². The molecule has 1 heterocycles. The molecule has 0 saturated carbocycles. The van der Waals surface area contributed by atoms with Gasteiger partial charge in [-0.3, -0.25) is 9.35 Å². The molecule has 0 saturated heterocycles. The van der Waals surface area contributed by atoms with Crippen LogP contribution >= 0.6 is 0 Å². The lowest BCUT2D eigenvalue weighted by molar-refractivity contribution is 0.102. The Morgan fingerprint density at radius 1 is 0.849 bits per heavy atom. The maximum atomic E-state index is 13.8. The highest BCUT2D eigenvalue weighted by Crippen LogP contribution is 2.42. The predicted molar refractivity (Wildman–Crippen MR) is 206 cm³/mol. The molecule has 0 unspecified atom stereocenters. The lowest BCUT2D eigenvalue weighted by atomic mass is 10.0. The highest BCUT2D eigenvalue weighted by Gasteiger charge is 2.20. The number of phenols is 1. The molecule has 0 spiro atoms. The molecule has 0 atom stereocenters. The van der Waals surface area contributed by atoms with Crippen LogP contribution in [0.1, 0.15) is 22.8 Å². The Balaban J connectivity index is 1.15. The van der Waals surface area contributed by atoms with Crippen molar-refractivity contribution in [3.8, 4) is 17.2 Å². The second-order valence-corrected chi connectivity index (χ2v) is 13.7. The first-order chi connectivity index (χ1) is 25.5. The summed E-state index contributed by atoms with van der Waals surface area (Å²) >= 11 is 0. The summed E-state index contributed by atoms with van der Waals surface area (Å²) in [4.78, 5) is 13.5. The second-order valence-electron chi connectivity index (χ2n) is 12.2. The van der Waals surface area contributed by atoms with E-state index in [-0.39, 0.29) is 34.4 Å². The summed E-state index contributed by atoms with van der Waals surface area (Å²) in [7, 11) is -2.88. The molecule has 7 rings (SSSR count). The lowest BCUT2D eigenvalue weighted by Gasteiger charge is -2.14. The van der Waals surface area contributed by atoms with Crippen LogP contribution in [0.15, 0.2) is 124 Å². The molecular formula is C40H35N5O7S. The van der Waals surface area contributed by atoms with Gasteiger partial charge in [-0.25, -0.2) is 0 Å². The number of aromatic nitrogens is 1. The Labute approximate surface area is 305 Å². The average molecular weight is 730 g/mol. The first-order valence-corrected chi connectivity index (χ1v) is 18.1. The topological polar surface area (TPSA) is 164 Å². The second kappa shape index (κ2) is 14.3. The number of ether oxygens (including phenoxy) is 2. The number of amides is 1. The summed E-state index contributed by atoms with van der Waals surface area (Å²) in [6.45, 7) is 4.72. The molecule has 0 aliphatic rings. The van der Waals surface area contributed by atoms with Crippen molar-refractivity contribution in [2.24, 2.45) is 10.2 Å². The van der Waals surface area contributed by atoms with E-state index in [0.29, 0.717) is 33.6 Å². The van der Waals surface area contributed by atoms with E-state index in [2.05, 4.69) is 44.5 Å². The van der Waals surface area contributed by atoms with E-state index in [9.17, 15) is 22.9 Å². The van der Waals surface area contributed by atoms with E-state index in [1.807, 2.05) is 55.5 Å². The van der Waals surface area contributed by atoms with Gasteiger partial charge in [0.25, 0.3) is 16.0 Å². The number of aryl methyl sites for hydroxylation is 2. The van der Waals surface area contributed by atoms with Gasteiger partial charge >= 0.3 is 0 Å². The molecule has 53 heavy (non-hydrogen) atoms. The Morgan fingerprint density at radius 3 is 2.38 bits per heavy atom. The van der Waals surface area contributed by atoms with E-state index < -0.39 is 16.0 Å². The molecule has 6 aromatic carbocycles. The standard InChI is InChI=1S/C40H35N5O7S/c1-4-45-35-15-8-7-14-30(35)31-20-26(16-17-36(31)45)42-40(47)32-19-25-10-5-6-13-29(25)38(39(32)46)44-43-34-18-24(2)33(22-37(34)51-3)41-23-52-27-11-9-12-28(21-27)53(48,49)50/h5-22,41,46H,4,23H2,1-3H3,(H,42,47)(H,48,49,50)/b44-43+. The molecule has 1 amide bonds. The number of rotatable bonds is 11. The van der Waals surface area contributed by atoms with E-state index in [1.54, 1.807) is 30.3 Å². The molecule has 7 aromatic rings. The van der Waals surface area contributed by atoms with Crippen molar-refractivity contribution in [2.45, 2.75) is 25.3 Å². The summed E-state index contributed by atoms with van der Waals surface area (Å²) in [6.07, 6.45) is 0. The molecule has 0 aliphatic carbocycles. The van der Waals surface area contributed by atoms with Crippen LogP contribution in [0.2, 0.25) is 0 Å². The molecule has 0 bridgehead atoms. The van der Waals surface area contributed by atoms with Crippen LogP contribution in [-0.4, -0.2) is 42.4 Å². The Kier molecular flexibility index (Phi) is 9.43. The molecule has 0 fully saturated rings. The van der Waals surface area contributed by atoms with Gasteiger partial charge in [-0.1, -0.05) is 48.5 Å². The number of carbonyl (C=O) groups excluding carboxylic acids is 1. The summed E-state index contributed by atoms with van der Waals surface area (Å²) in [5, 5.41) is 29.9. The number of aromatic hydroxyl groups is 1. The molecule has 12 nitrogen and oxygen atoms in total. The lowest BCUT2D eigenvalue weighted by Crippen LogP contribution is -2.12. The smallest absolute Gasteiger partial charge is 0.294 e. The third-order valence-corrected chi connectivity index (χ3v) is 9.82. The summed E-state index contributed by atoms with van der Waals surface area (Å²) in [5.41, 5.74) is 4.71. The number of nitrogens with one attached hydrogen (secondary N) is 2. The van der Waals surface area contributed by atoms with Gasteiger partial charge in [0.2, 0.25) is 0 Å². The molecule has 4 N–H and O–H groups in total. The van der Waals surface area contributed by atoms with Gasteiger partial charge in [0.1, 0.15) is 22.9 Å². The zero-order chi connectivity index (χ0) is 37.3. The van der Waals surface area contributed by atoms with Crippen molar-refractivity contribution < 1.29 is 32.3 Å². The minimum absolute atomic E-state index is 0.0234. The number of anilines is 2. The average Bonchev–Trinajstić information content (AvgIpc) is 3.47. The van der Waals surface area contributed by atoms with Crippen molar-refractivity contribution >= 4 is 71.4 Å². The summed E-state index contributed by atoms with van der Waals surface area (Å²) in [6, 6.07) is 31.8. The van der Waals surface area contributed by atoms with Crippen molar-refractivity contribution in [1.82, 2.24) is 4.57 Å². The van der Waals surface area contributed by atoms with Crippen molar-refractivity contribution in [3.63, 3.8) is 0 Å².